The SMILES string of the molecule is CC(C)(C)OC(=O)NCCOCCNC(CCCCCCCCCCCCCCCCC(=O)O)C(=O)O. The molecule has 0 radical (unpaired) electrons. The number of nitrogens with one attached hydrogen (secondary N) is 2. The molecule has 1 amide bonds. The van der Waals surface area contributed by atoms with Crippen molar-refractivity contribution in [3.63, 3.8) is 0 Å². The lowest BCUT2D eigenvalue weighted by atomic mass is 10.0. The van der Waals surface area contributed by atoms with E-state index in [1.807, 2.05) is 0 Å². The number of ether oxygens (including phenoxy) is 2. The molecule has 37 heavy (non-hydrogen) atoms. The summed E-state index contributed by atoms with van der Waals surface area (Å²) in [5.74, 6) is -1.52. The molecule has 1 atom stereocenters. The summed E-state index contributed by atoms with van der Waals surface area (Å²) in [6.45, 7) is 6.93. The van der Waals surface area contributed by atoms with Crippen LogP contribution in [0, 0.1) is 0 Å². The summed E-state index contributed by atoms with van der Waals surface area (Å²) in [5, 5.41) is 23.7. The maximum absolute atomic E-state index is 11.5. The van der Waals surface area contributed by atoms with Gasteiger partial charge in [0.15, 0.2) is 0 Å². The zero-order valence-electron chi connectivity index (χ0n) is 23.7. The Bertz CT molecular complexity index is 594. The van der Waals surface area contributed by atoms with Gasteiger partial charge in [-0.15, -0.1) is 0 Å². The molecule has 0 aromatic carbocycles. The van der Waals surface area contributed by atoms with E-state index >= 15 is 0 Å². The molecule has 0 bridgehead atoms. The molecule has 0 saturated heterocycles. The number of hydrogen-bond donors (Lipinski definition) is 4. The second-order valence-electron chi connectivity index (χ2n) is 10.8. The van der Waals surface area contributed by atoms with Crippen molar-refractivity contribution in [2.24, 2.45) is 0 Å². The number of alkyl carbamates (subject to hydrolysis) is 1. The van der Waals surface area contributed by atoms with Gasteiger partial charge in [0.2, 0.25) is 0 Å². The number of unbranched alkanes of at least 4 members (excludes halogenated alkanes) is 13. The van der Waals surface area contributed by atoms with Gasteiger partial charge in [0.05, 0.1) is 13.2 Å². The zero-order chi connectivity index (χ0) is 27.8. The van der Waals surface area contributed by atoms with Crippen LogP contribution < -0.4 is 10.6 Å². The van der Waals surface area contributed by atoms with E-state index in [4.69, 9.17) is 14.6 Å². The van der Waals surface area contributed by atoms with E-state index in [2.05, 4.69) is 10.6 Å². The van der Waals surface area contributed by atoms with Crippen molar-refractivity contribution >= 4 is 18.0 Å². The minimum Gasteiger partial charge on any atom is -0.481 e. The third-order valence-electron chi connectivity index (χ3n) is 5.98. The van der Waals surface area contributed by atoms with Crippen molar-refractivity contribution in [3.8, 4) is 0 Å². The van der Waals surface area contributed by atoms with Gasteiger partial charge in [-0.05, 0) is 33.6 Å². The Morgan fingerprint density at radius 3 is 1.62 bits per heavy atom. The molecular formula is C28H54N2O7. The zero-order valence-corrected chi connectivity index (χ0v) is 23.7. The summed E-state index contributed by atoms with van der Waals surface area (Å²) in [5.41, 5.74) is -0.533. The summed E-state index contributed by atoms with van der Waals surface area (Å²) in [7, 11) is 0. The Balaban J connectivity index is 3.50. The molecule has 218 valence electrons. The third-order valence-corrected chi connectivity index (χ3v) is 5.98. The van der Waals surface area contributed by atoms with Crippen LogP contribution in [0.4, 0.5) is 4.79 Å². The van der Waals surface area contributed by atoms with Crippen LogP contribution in [0.1, 0.15) is 124 Å². The standard InChI is InChI=1S/C28H54N2O7/c1-28(2,3)37-27(35)30-21-23-36-22-20-29-24(26(33)34)18-16-14-12-10-8-6-4-5-7-9-11-13-15-17-19-25(31)32/h24,29H,4-23H2,1-3H3,(H,30,35)(H,31,32)(H,33,34). The van der Waals surface area contributed by atoms with Crippen LogP contribution >= 0.6 is 0 Å². The molecule has 4 N–H and O–H groups in total. The van der Waals surface area contributed by atoms with Crippen molar-refractivity contribution in [3.05, 3.63) is 0 Å². The number of carboxylic acids is 2. The highest BCUT2D eigenvalue weighted by atomic mass is 16.6. The van der Waals surface area contributed by atoms with Crippen LogP contribution in [0.5, 0.6) is 0 Å². The predicted molar refractivity (Wildman–Crippen MR) is 146 cm³/mol. The van der Waals surface area contributed by atoms with E-state index in [9.17, 15) is 19.5 Å². The highest BCUT2D eigenvalue weighted by Gasteiger charge is 2.16. The molecule has 0 rings (SSSR count). The minimum atomic E-state index is -0.827. The van der Waals surface area contributed by atoms with Gasteiger partial charge in [-0.2, -0.15) is 0 Å². The Morgan fingerprint density at radius 1 is 0.703 bits per heavy atom. The fraction of sp³-hybridized carbons (Fsp3) is 0.893. The van der Waals surface area contributed by atoms with Gasteiger partial charge in [0.25, 0.3) is 0 Å². The van der Waals surface area contributed by atoms with Crippen molar-refractivity contribution in [2.45, 2.75) is 135 Å². The van der Waals surface area contributed by atoms with Gasteiger partial charge in [-0.25, -0.2) is 4.79 Å². The highest BCUT2D eigenvalue weighted by Crippen LogP contribution is 2.14. The summed E-state index contributed by atoms with van der Waals surface area (Å²) in [6.07, 6.45) is 16.5. The predicted octanol–water partition coefficient (Wildman–Crippen LogP) is 5.90. The monoisotopic (exact) mass is 530 g/mol. The summed E-state index contributed by atoms with van der Waals surface area (Å²) in [4.78, 5) is 33.5. The molecule has 0 aliphatic rings. The van der Waals surface area contributed by atoms with Crippen LogP contribution in [0.3, 0.4) is 0 Å². The average molecular weight is 531 g/mol. The van der Waals surface area contributed by atoms with Crippen LogP contribution in [-0.4, -0.2) is 66.2 Å². The van der Waals surface area contributed by atoms with Crippen molar-refractivity contribution < 1.29 is 34.1 Å². The fourth-order valence-corrected chi connectivity index (χ4v) is 4.01. The second-order valence-corrected chi connectivity index (χ2v) is 10.8. The topological polar surface area (TPSA) is 134 Å². The lowest BCUT2D eigenvalue weighted by Crippen LogP contribution is -2.39. The minimum absolute atomic E-state index is 0.297. The molecule has 0 saturated carbocycles. The molecule has 0 aromatic heterocycles. The Kier molecular flexibility index (Phi) is 22.1. The molecule has 0 spiro atoms. The lowest BCUT2D eigenvalue weighted by Gasteiger charge is -2.19. The molecule has 1 unspecified atom stereocenters. The Hall–Kier alpha value is -1.87. The van der Waals surface area contributed by atoms with Gasteiger partial charge in [-0.1, -0.05) is 83.5 Å². The van der Waals surface area contributed by atoms with Gasteiger partial charge in [0.1, 0.15) is 11.6 Å². The van der Waals surface area contributed by atoms with E-state index in [1.54, 1.807) is 20.8 Å². The van der Waals surface area contributed by atoms with E-state index in [1.165, 1.54) is 51.4 Å². The first-order chi connectivity index (χ1) is 17.6. The first-order valence-corrected chi connectivity index (χ1v) is 14.3. The Labute approximate surface area is 224 Å². The largest absolute Gasteiger partial charge is 0.481 e. The highest BCUT2D eigenvalue weighted by molar-refractivity contribution is 5.73. The van der Waals surface area contributed by atoms with Crippen molar-refractivity contribution in [2.75, 3.05) is 26.3 Å². The number of carbonyl (C=O) groups is 3. The summed E-state index contributed by atoms with van der Waals surface area (Å²) in [6, 6.07) is -0.555. The smallest absolute Gasteiger partial charge is 0.407 e. The number of hydrogen-bond acceptors (Lipinski definition) is 6. The van der Waals surface area contributed by atoms with E-state index in [0.717, 1.165) is 38.5 Å². The lowest BCUT2D eigenvalue weighted by molar-refractivity contribution is -0.140. The van der Waals surface area contributed by atoms with Crippen LogP contribution in [-0.2, 0) is 19.1 Å². The maximum Gasteiger partial charge on any atom is 0.407 e. The molecular weight excluding hydrogens is 476 g/mol. The number of amides is 1. The number of aliphatic carboxylic acids is 2. The quantitative estimate of drug-likeness (QED) is 0.107. The van der Waals surface area contributed by atoms with Crippen LogP contribution in [0.25, 0.3) is 0 Å². The number of carboxylic acid groups (broad SMARTS) is 2. The normalized spacial score (nSPS) is 12.3. The summed E-state index contributed by atoms with van der Waals surface area (Å²) >= 11 is 0. The van der Waals surface area contributed by atoms with E-state index in [-0.39, 0.29) is 0 Å². The summed E-state index contributed by atoms with van der Waals surface area (Å²) < 4.78 is 10.6. The van der Waals surface area contributed by atoms with Gasteiger partial charge >= 0.3 is 18.0 Å². The fourth-order valence-electron chi connectivity index (χ4n) is 4.01. The number of rotatable bonds is 25. The first kappa shape index (κ1) is 35.1. The van der Waals surface area contributed by atoms with Crippen molar-refractivity contribution in [1.82, 2.24) is 10.6 Å². The molecule has 0 fully saturated rings. The van der Waals surface area contributed by atoms with E-state index in [0.29, 0.717) is 39.1 Å². The second kappa shape index (κ2) is 23.3. The third kappa shape index (κ3) is 27.0. The molecule has 9 nitrogen and oxygen atoms in total. The van der Waals surface area contributed by atoms with Gasteiger partial charge < -0.3 is 30.3 Å². The van der Waals surface area contributed by atoms with Gasteiger partial charge in [0, 0.05) is 19.5 Å². The van der Waals surface area contributed by atoms with Crippen molar-refractivity contribution in [1.29, 1.82) is 0 Å². The molecule has 9 heteroatoms. The molecule has 0 aliphatic carbocycles. The number of carbonyl (C=O) groups excluding carboxylic acids is 1. The first-order valence-electron chi connectivity index (χ1n) is 14.3. The average Bonchev–Trinajstić information content (AvgIpc) is 2.80. The van der Waals surface area contributed by atoms with Gasteiger partial charge in [-0.3, -0.25) is 9.59 Å². The molecule has 0 aliphatic heterocycles. The maximum atomic E-state index is 11.5. The Morgan fingerprint density at radius 2 is 1.16 bits per heavy atom. The molecule has 0 aromatic rings. The van der Waals surface area contributed by atoms with Crippen LogP contribution in [0.15, 0.2) is 0 Å². The van der Waals surface area contributed by atoms with Crippen LogP contribution in [0.2, 0.25) is 0 Å². The van der Waals surface area contributed by atoms with E-state index < -0.39 is 29.7 Å². The molecule has 0 heterocycles.